The van der Waals surface area contributed by atoms with Gasteiger partial charge in [-0.05, 0) is 56.9 Å². The number of hydrogen-bond acceptors (Lipinski definition) is 5. The Morgan fingerprint density at radius 1 is 1.23 bits per heavy atom. The maximum atomic E-state index is 12.3. The van der Waals surface area contributed by atoms with E-state index in [1.807, 2.05) is 0 Å². The summed E-state index contributed by atoms with van der Waals surface area (Å²) in [5.41, 5.74) is 6.16. The van der Waals surface area contributed by atoms with Gasteiger partial charge in [0.05, 0.1) is 17.1 Å². The number of nitrogens with two attached hydrogens (primary N) is 1. The highest BCUT2D eigenvalue weighted by molar-refractivity contribution is 7.89. The quantitative estimate of drug-likeness (QED) is 0.797. The number of hydrogen-bond donors (Lipinski definition) is 2. The lowest BCUT2D eigenvalue weighted by Gasteiger charge is -2.26. The minimum absolute atomic E-state index is 0.0745. The van der Waals surface area contributed by atoms with Crippen LogP contribution in [0.2, 0.25) is 0 Å². The molecule has 0 radical (unpaired) electrons. The van der Waals surface area contributed by atoms with Gasteiger partial charge >= 0.3 is 5.97 Å². The molecule has 0 aromatic heterocycles. The summed E-state index contributed by atoms with van der Waals surface area (Å²) < 4.78 is 32.2. The van der Waals surface area contributed by atoms with Crippen LogP contribution in [0.15, 0.2) is 29.2 Å². The van der Waals surface area contributed by atoms with Crippen LogP contribution in [0.3, 0.4) is 0 Å². The van der Waals surface area contributed by atoms with Gasteiger partial charge in [-0.1, -0.05) is 0 Å². The van der Waals surface area contributed by atoms with Crippen molar-refractivity contribution in [2.24, 2.45) is 5.73 Å². The molecular formula is C15H22N2O4S. The van der Waals surface area contributed by atoms with Crippen LogP contribution in [0.25, 0.3) is 0 Å². The summed E-state index contributed by atoms with van der Waals surface area (Å²) in [4.78, 5) is 11.7. The highest BCUT2D eigenvalue weighted by Crippen LogP contribution is 2.20. The van der Waals surface area contributed by atoms with Gasteiger partial charge in [0.1, 0.15) is 0 Å². The van der Waals surface area contributed by atoms with Crippen LogP contribution in [-0.4, -0.2) is 33.1 Å². The van der Waals surface area contributed by atoms with Crippen LogP contribution >= 0.6 is 0 Å². The van der Waals surface area contributed by atoms with E-state index in [2.05, 4.69) is 4.72 Å². The lowest BCUT2D eigenvalue weighted by atomic mass is 9.93. The predicted molar refractivity (Wildman–Crippen MR) is 83.0 cm³/mol. The molecule has 1 aliphatic carbocycles. The Hall–Kier alpha value is -1.44. The van der Waals surface area contributed by atoms with Crippen LogP contribution in [0.4, 0.5) is 0 Å². The molecule has 0 aliphatic heterocycles. The number of rotatable bonds is 5. The van der Waals surface area contributed by atoms with E-state index in [0.717, 1.165) is 25.7 Å². The molecule has 0 spiro atoms. The van der Waals surface area contributed by atoms with Gasteiger partial charge in [0.25, 0.3) is 0 Å². The van der Waals surface area contributed by atoms with E-state index in [-0.39, 0.29) is 23.6 Å². The van der Waals surface area contributed by atoms with Crippen LogP contribution in [-0.2, 0) is 14.8 Å². The van der Waals surface area contributed by atoms with Gasteiger partial charge in [0, 0.05) is 12.1 Å². The number of esters is 1. The second kappa shape index (κ2) is 7.21. The van der Waals surface area contributed by atoms with Gasteiger partial charge in [-0.3, -0.25) is 0 Å². The predicted octanol–water partition coefficient (Wildman–Crippen LogP) is 1.41. The van der Waals surface area contributed by atoms with Crippen molar-refractivity contribution in [3.05, 3.63) is 29.8 Å². The Balaban J connectivity index is 2.04. The molecule has 6 nitrogen and oxygen atoms in total. The zero-order chi connectivity index (χ0) is 16.2. The average molecular weight is 326 g/mol. The fourth-order valence-corrected chi connectivity index (χ4v) is 3.81. The fraction of sp³-hybridized carbons (Fsp3) is 0.533. The van der Waals surface area contributed by atoms with E-state index >= 15 is 0 Å². The number of sulfonamides is 1. The van der Waals surface area contributed by atoms with Crippen molar-refractivity contribution in [2.75, 3.05) is 6.61 Å². The van der Waals surface area contributed by atoms with Crippen molar-refractivity contribution in [1.82, 2.24) is 4.72 Å². The van der Waals surface area contributed by atoms with Crippen LogP contribution in [0, 0.1) is 0 Å². The van der Waals surface area contributed by atoms with E-state index in [4.69, 9.17) is 10.5 Å². The number of ether oxygens (including phenoxy) is 1. The van der Waals surface area contributed by atoms with Crippen molar-refractivity contribution in [3.63, 3.8) is 0 Å². The Labute approximate surface area is 131 Å². The van der Waals surface area contributed by atoms with Crippen molar-refractivity contribution in [1.29, 1.82) is 0 Å². The Morgan fingerprint density at radius 3 is 2.36 bits per heavy atom. The van der Waals surface area contributed by atoms with Crippen molar-refractivity contribution >= 4 is 16.0 Å². The van der Waals surface area contributed by atoms with Crippen LogP contribution in [0.1, 0.15) is 43.0 Å². The number of benzene rings is 1. The van der Waals surface area contributed by atoms with Crippen molar-refractivity contribution in [2.45, 2.75) is 49.6 Å². The summed E-state index contributed by atoms with van der Waals surface area (Å²) in [5.74, 6) is -0.458. The van der Waals surface area contributed by atoms with Gasteiger partial charge in [0.15, 0.2) is 0 Å². The SMILES string of the molecule is CCOC(=O)c1ccc(S(=O)(=O)NC2CCC(N)CC2)cc1. The Bertz CT molecular complexity index is 605. The Kier molecular flexibility index (Phi) is 5.55. The first-order valence-electron chi connectivity index (χ1n) is 7.47. The third-order valence-corrected chi connectivity index (χ3v) is 5.31. The molecule has 2 rings (SSSR count). The highest BCUT2D eigenvalue weighted by Gasteiger charge is 2.24. The third-order valence-electron chi connectivity index (χ3n) is 3.77. The lowest BCUT2D eigenvalue weighted by Crippen LogP contribution is -2.40. The standard InChI is InChI=1S/C15H22N2O4S/c1-2-21-15(18)11-3-9-14(10-4-11)22(19,20)17-13-7-5-12(16)6-8-13/h3-4,9-10,12-13,17H,2,5-8,16H2,1H3. The molecule has 1 saturated carbocycles. The zero-order valence-corrected chi connectivity index (χ0v) is 13.4. The van der Waals surface area contributed by atoms with Gasteiger partial charge in [-0.25, -0.2) is 17.9 Å². The van der Waals surface area contributed by atoms with Crippen LogP contribution < -0.4 is 10.5 Å². The third kappa shape index (κ3) is 4.28. The highest BCUT2D eigenvalue weighted by atomic mass is 32.2. The van der Waals surface area contributed by atoms with Gasteiger partial charge in [-0.15, -0.1) is 0 Å². The molecule has 1 aromatic carbocycles. The number of carbonyl (C=O) groups is 1. The largest absolute Gasteiger partial charge is 0.462 e. The van der Waals surface area contributed by atoms with Crippen molar-refractivity contribution < 1.29 is 17.9 Å². The molecule has 0 heterocycles. The first-order valence-corrected chi connectivity index (χ1v) is 8.96. The summed E-state index contributed by atoms with van der Waals surface area (Å²) in [5, 5.41) is 0. The van der Waals surface area contributed by atoms with E-state index in [0.29, 0.717) is 5.56 Å². The topological polar surface area (TPSA) is 98.5 Å². The molecule has 0 atom stereocenters. The normalized spacial score (nSPS) is 22.3. The fourth-order valence-electron chi connectivity index (χ4n) is 2.51. The zero-order valence-electron chi connectivity index (χ0n) is 12.6. The summed E-state index contributed by atoms with van der Waals surface area (Å²) in [6.07, 6.45) is 3.16. The molecule has 1 fully saturated rings. The second-order valence-corrected chi connectivity index (χ2v) is 7.19. The first kappa shape index (κ1) is 16.9. The molecule has 0 bridgehead atoms. The minimum atomic E-state index is -3.58. The first-order chi connectivity index (χ1) is 10.4. The van der Waals surface area contributed by atoms with Gasteiger partial charge in [0.2, 0.25) is 10.0 Å². The van der Waals surface area contributed by atoms with E-state index in [9.17, 15) is 13.2 Å². The summed E-state index contributed by atoms with van der Waals surface area (Å²) in [6, 6.07) is 5.86. The molecule has 3 N–H and O–H groups in total. The van der Waals surface area contributed by atoms with Crippen LogP contribution in [0.5, 0.6) is 0 Å². The monoisotopic (exact) mass is 326 g/mol. The maximum Gasteiger partial charge on any atom is 0.338 e. The van der Waals surface area contributed by atoms with Crippen molar-refractivity contribution in [3.8, 4) is 0 Å². The Morgan fingerprint density at radius 2 is 1.82 bits per heavy atom. The molecule has 22 heavy (non-hydrogen) atoms. The van der Waals surface area contributed by atoms with Gasteiger partial charge < -0.3 is 10.5 Å². The summed E-state index contributed by atoms with van der Waals surface area (Å²) in [7, 11) is -3.58. The second-order valence-electron chi connectivity index (χ2n) is 5.48. The smallest absolute Gasteiger partial charge is 0.338 e. The van der Waals surface area contributed by atoms with Gasteiger partial charge in [-0.2, -0.15) is 0 Å². The molecule has 0 unspecified atom stereocenters. The number of nitrogens with one attached hydrogen (secondary N) is 1. The van der Waals surface area contributed by atoms with E-state index < -0.39 is 16.0 Å². The maximum absolute atomic E-state index is 12.3. The number of carbonyl (C=O) groups excluding carboxylic acids is 1. The van der Waals surface area contributed by atoms with E-state index in [1.54, 1.807) is 6.92 Å². The molecule has 0 amide bonds. The minimum Gasteiger partial charge on any atom is -0.462 e. The molecule has 7 heteroatoms. The van der Waals surface area contributed by atoms with E-state index in [1.165, 1.54) is 24.3 Å². The summed E-state index contributed by atoms with van der Waals surface area (Å²) >= 11 is 0. The average Bonchev–Trinajstić information content (AvgIpc) is 2.50. The molecule has 122 valence electrons. The lowest BCUT2D eigenvalue weighted by molar-refractivity contribution is 0.0526. The summed E-state index contributed by atoms with van der Waals surface area (Å²) in [6.45, 7) is 2.00. The molecular weight excluding hydrogens is 304 g/mol. The molecule has 1 aliphatic rings. The molecule has 0 saturated heterocycles. The molecule has 1 aromatic rings.